The molecule has 0 aliphatic rings. The molecule has 0 aliphatic heterocycles. The molecule has 0 bridgehead atoms. The predicted molar refractivity (Wildman–Crippen MR) is 150 cm³/mol. The number of H-pyrrole nitrogens is 1. The molecule has 1 amide bonds. The van der Waals surface area contributed by atoms with Crippen molar-refractivity contribution in [3.05, 3.63) is 78.4 Å². The normalized spacial score (nSPS) is 11.7. The Labute approximate surface area is 222 Å². The van der Waals surface area contributed by atoms with Crippen LogP contribution in [0.15, 0.2) is 82.6 Å². The van der Waals surface area contributed by atoms with Crippen molar-refractivity contribution in [1.82, 2.24) is 14.6 Å². The molecule has 1 aromatic heterocycles. The van der Waals surface area contributed by atoms with Crippen molar-refractivity contribution in [2.24, 2.45) is 0 Å². The number of carbonyl (C=O) groups excluding carboxylic acids is 1. The Bertz CT molecular complexity index is 1460. The van der Waals surface area contributed by atoms with Crippen LogP contribution in [0.4, 0.5) is 0 Å². The standard InChI is InChI=1S/C28H31N3O4S2/c1-4-31(5-2)37(33,34)23-16-12-21(13-17-23)28(32)29-18-19-36-27-24-8-6-7-9-25(24)30-26(27)20-10-14-22(35-3)15-11-20/h6-17,30H,4-5,18-19H2,1-3H3,(H,29,32). The van der Waals surface area contributed by atoms with E-state index in [9.17, 15) is 13.2 Å². The first-order valence-electron chi connectivity index (χ1n) is 12.1. The average Bonchev–Trinajstić information content (AvgIpc) is 3.30. The maximum atomic E-state index is 12.7. The topological polar surface area (TPSA) is 91.5 Å². The van der Waals surface area contributed by atoms with Gasteiger partial charge in [-0.1, -0.05) is 32.0 Å². The number of ether oxygens (including phenoxy) is 1. The minimum Gasteiger partial charge on any atom is -0.497 e. The van der Waals surface area contributed by atoms with Gasteiger partial charge in [0, 0.05) is 46.7 Å². The number of sulfonamides is 1. The number of para-hydroxylation sites is 1. The molecular formula is C28H31N3O4S2. The summed E-state index contributed by atoms with van der Waals surface area (Å²) in [4.78, 5) is 17.5. The Morgan fingerprint density at radius 1 is 0.973 bits per heavy atom. The van der Waals surface area contributed by atoms with Crippen molar-refractivity contribution in [3.63, 3.8) is 0 Å². The summed E-state index contributed by atoms with van der Waals surface area (Å²) in [7, 11) is -1.90. The first-order chi connectivity index (χ1) is 17.9. The molecular weight excluding hydrogens is 506 g/mol. The van der Waals surface area contributed by atoms with Crippen LogP contribution in [0.25, 0.3) is 22.2 Å². The van der Waals surface area contributed by atoms with Crippen molar-refractivity contribution in [3.8, 4) is 17.0 Å². The van der Waals surface area contributed by atoms with Gasteiger partial charge in [0.15, 0.2) is 0 Å². The van der Waals surface area contributed by atoms with E-state index in [4.69, 9.17) is 4.74 Å². The number of aromatic amines is 1. The van der Waals surface area contributed by atoms with Crippen LogP contribution in [0.3, 0.4) is 0 Å². The molecule has 0 aliphatic carbocycles. The average molecular weight is 538 g/mol. The van der Waals surface area contributed by atoms with Gasteiger partial charge in [-0.15, -0.1) is 11.8 Å². The van der Waals surface area contributed by atoms with Gasteiger partial charge in [-0.05, 0) is 60.2 Å². The summed E-state index contributed by atoms with van der Waals surface area (Å²) >= 11 is 1.68. The Morgan fingerprint density at radius 3 is 2.30 bits per heavy atom. The summed E-state index contributed by atoms with van der Waals surface area (Å²) in [6.45, 7) is 4.86. The van der Waals surface area contributed by atoms with E-state index in [-0.39, 0.29) is 10.8 Å². The summed E-state index contributed by atoms with van der Waals surface area (Å²) in [5, 5.41) is 4.07. The minimum absolute atomic E-state index is 0.189. The van der Waals surface area contributed by atoms with Crippen LogP contribution in [-0.4, -0.2) is 56.1 Å². The molecule has 3 aromatic carbocycles. The highest BCUT2D eigenvalue weighted by Crippen LogP contribution is 2.38. The number of thioether (sulfide) groups is 1. The Kier molecular flexibility index (Phi) is 8.58. The highest BCUT2D eigenvalue weighted by molar-refractivity contribution is 7.99. The summed E-state index contributed by atoms with van der Waals surface area (Å²) in [6.07, 6.45) is 0. The molecule has 37 heavy (non-hydrogen) atoms. The number of benzene rings is 3. The Balaban J connectivity index is 1.42. The first kappa shape index (κ1) is 26.8. The molecule has 7 nitrogen and oxygen atoms in total. The number of nitrogens with zero attached hydrogens (tertiary/aromatic N) is 1. The smallest absolute Gasteiger partial charge is 0.251 e. The lowest BCUT2D eigenvalue weighted by molar-refractivity contribution is 0.0956. The lowest BCUT2D eigenvalue weighted by atomic mass is 10.1. The second-order valence-corrected chi connectivity index (χ2v) is 11.4. The summed E-state index contributed by atoms with van der Waals surface area (Å²) in [5.74, 6) is 1.24. The molecule has 0 atom stereocenters. The van der Waals surface area contributed by atoms with E-state index in [0.717, 1.165) is 32.8 Å². The molecule has 9 heteroatoms. The van der Waals surface area contributed by atoms with E-state index < -0.39 is 10.0 Å². The van der Waals surface area contributed by atoms with Crippen LogP contribution in [0.1, 0.15) is 24.2 Å². The minimum atomic E-state index is -3.55. The molecule has 194 valence electrons. The zero-order valence-corrected chi connectivity index (χ0v) is 22.8. The Morgan fingerprint density at radius 2 is 1.65 bits per heavy atom. The number of fused-ring (bicyclic) bond motifs is 1. The van der Waals surface area contributed by atoms with Crippen LogP contribution in [0.2, 0.25) is 0 Å². The van der Waals surface area contributed by atoms with Crippen LogP contribution in [0.5, 0.6) is 5.75 Å². The van der Waals surface area contributed by atoms with E-state index >= 15 is 0 Å². The zero-order valence-electron chi connectivity index (χ0n) is 21.2. The number of rotatable bonds is 11. The lowest BCUT2D eigenvalue weighted by Crippen LogP contribution is -2.30. The first-order valence-corrected chi connectivity index (χ1v) is 14.6. The maximum absolute atomic E-state index is 12.7. The number of amides is 1. The predicted octanol–water partition coefficient (Wildman–Crippen LogP) is 5.40. The van der Waals surface area contributed by atoms with Gasteiger partial charge in [0.2, 0.25) is 10.0 Å². The SMILES string of the molecule is CCN(CC)S(=O)(=O)c1ccc(C(=O)NCCSc2c(-c3ccc(OC)cc3)[nH]c3ccccc23)cc1. The molecule has 0 saturated carbocycles. The second-order valence-electron chi connectivity index (χ2n) is 8.32. The van der Waals surface area contributed by atoms with Gasteiger partial charge in [0.1, 0.15) is 5.75 Å². The molecule has 4 rings (SSSR count). The summed E-state index contributed by atoms with van der Waals surface area (Å²) in [6, 6.07) is 22.2. The number of nitrogens with one attached hydrogen (secondary N) is 2. The monoisotopic (exact) mass is 537 g/mol. The molecule has 0 radical (unpaired) electrons. The third-order valence-electron chi connectivity index (χ3n) is 6.13. The van der Waals surface area contributed by atoms with E-state index in [1.807, 2.05) is 36.4 Å². The van der Waals surface area contributed by atoms with Gasteiger partial charge in [0.25, 0.3) is 5.91 Å². The zero-order chi connectivity index (χ0) is 26.4. The third kappa shape index (κ3) is 5.84. The van der Waals surface area contributed by atoms with Crippen molar-refractivity contribution in [2.45, 2.75) is 23.6 Å². The quantitative estimate of drug-likeness (QED) is 0.198. The van der Waals surface area contributed by atoms with Crippen molar-refractivity contribution in [1.29, 1.82) is 0 Å². The number of hydrogen-bond acceptors (Lipinski definition) is 5. The maximum Gasteiger partial charge on any atom is 0.251 e. The van der Waals surface area contributed by atoms with Crippen LogP contribution < -0.4 is 10.1 Å². The fourth-order valence-corrected chi connectivity index (χ4v) is 6.65. The van der Waals surface area contributed by atoms with Gasteiger partial charge >= 0.3 is 0 Å². The molecule has 2 N–H and O–H groups in total. The van der Waals surface area contributed by atoms with E-state index in [2.05, 4.69) is 22.4 Å². The number of hydrogen-bond donors (Lipinski definition) is 2. The highest BCUT2D eigenvalue weighted by Gasteiger charge is 2.21. The van der Waals surface area contributed by atoms with E-state index in [0.29, 0.717) is 31.0 Å². The fraction of sp³-hybridized carbons (Fsp3) is 0.250. The number of aromatic nitrogens is 1. The molecule has 0 fully saturated rings. The molecule has 0 saturated heterocycles. The Hall–Kier alpha value is -3.27. The van der Waals surface area contributed by atoms with Crippen molar-refractivity contribution >= 4 is 38.6 Å². The highest BCUT2D eigenvalue weighted by atomic mass is 32.2. The second kappa shape index (κ2) is 11.9. The molecule has 1 heterocycles. The van der Waals surface area contributed by atoms with Crippen LogP contribution in [0, 0.1) is 0 Å². The number of methoxy groups -OCH3 is 1. The molecule has 4 aromatic rings. The van der Waals surface area contributed by atoms with Crippen molar-refractivity contribution in [2.75, 3.05) is 32.5 Å². The van der Waals surface area contributed by atoms with Gasteiger partial charge in [0.05, 0.1) is 17.7 Å². The van der Waals surface area contributed by atoms with E-state index in [1.54, 1.807) is 44.9 Å². The third-order valence-corrected chi connectivity index (χ3v) is 9.32. The van der Waals surface area contributed by atoms with Crippen LogP contribution >= 0.6 is 11.8 Å². The van der Waals surface area contributed by atoms with Gasteiger partial charge in [-0.25, -0.2) is 8.42 Å². The summed E-state index contributed by atoms with van der Waals surface area (Å²) < 4.78 is 32.0. The lowest BCUT2D eigenvalue weighted by Gasteiger charge is -2.18. The molecule has 0 spiro atoms. The van der Waals surface area contributed by atoms with Crippen molar-refractivity contribution < 1.29 is 17.9 Å². The van der Waals surface area contributed by atoms with Gasteiger partial charge < -0.3 is 15.0 Å². The van der Waals surface area contributed by atoms with Crippen LogP contribution in [-0.2, 0) is 10.0 Å². The largest absolute Gasteiger partial charge is 0.497 e. The summed E-state index contributed by atoms with van der Waals surface area (Å²) in [5.41, 5.74) is 3.57. The number of carbonyl (C=O) groups is 1. The van der Waals surface area contributed by atoms with Gasteiger partial charge in [-0.3, -0.25) is 4.79 Å². The fourth-order valence-electron chi connectivity index (χ4n) is 4.14. The van der Waals surface area contributed by atoms with Gasteiger partial charge in [-0.2, -0.15) is 4.31 Å². The van der Waals surface area contributed by atoms with E-state index in [1.165, 1.54) is 16.4 Å². The molecule has 0 unspecified atom stereocenters.